The maximum absolute atomic E-state index is 12.4. The molecule has 0 aromatic rings. The lowest BCUT2D eigenvalue weighted by atomic mass is 10.1. The van der Waals surface area contributed by atoms with Crippen LogP contribution >= 0.6 is 7.82 Å². The van der Waals surface area contributed by atoms with Gasteiger partial charge < -0.3 is 20.1 Å². The van der Waals surface area contributed by atoms with Crippen LogP contribution in [0.5, 0.6) is 0 Å². The summed E-state index contributed by atoms with van der Waals surface area (Å²) in [5.74, 6) is -0.341. The van der Waals surface area contributed by atoms with E-state index in [-0.39, 0.29) is 32.3 Å². The third-order valence-electron chi connectivity index (χ3n) is 8.20. The Bertz CT molecular complexity index is 963. The Labute approximate surface area is 313 Å². The van der Waals surface area contributed by atoms with Crippen LogP contribution in [0.4, 0.5) is 0 Å². The molecule has 0 aliphatic heterocycles. The first kappa shape index (κ1) is 49.2. The summed E-state index contributed by atoms with van der Waals surface area (Å²) < 4.78 is 33.2. The highest BCUT2D eigenvalue weighted by Gasteiger charge is 2.25. The second-order valence-electron chi connectivity index (χ2n) is 13.1. The number of carbonyl (C=O) groups excluding carboxylic acids is 1. The number of phosphoric ester groups is 1. The third-order valence-corrected chi connectivity index (χ3v) is 9.18. The number of ether oxygens (including phenoxy) is 2. The van der Waals surface area contributed by atoms with Crippen molar-refractivity contribution in [2.45, 2.75) is 168 Å². The fourth-order valence-electron chi connectivity index (χ4n) is 5.26. The zero-order valence-electron chi connectivity index (χ0n) is 32.6. The van der Waals surface area contributed by atoms with Gasteiger partial charge in [-0.25, -0.2) is 4.57 Å². The smallest absolute Gasteiger partial charge is 0.457 e. The number of esters is 1. The summed E-state index contributed by atoms with van der Waals surface area (Å²) >= 11 is 0. The van der Waals surface area contributed by atoms with E-state index in [1.165, 1.54) is 70.6 Å². The number of hydrogen-bond donors (Lipinski definition) is 2. The van der Waals surface area contributed by atoms with Crippen LogP contribution in [-0.4, -0.2) is 49.9 Å². The van der Waals surface area contributed by atoms with E-state index in [0.717, 1.165) is 70.6 Å². The molecule has 0 saturated carbocycles. The molecular formula is C42H76NO7P. The van der Waals surface area contributed by atoms with Gasteiger partial charge in [0.15, 0.2) is 0 Å². The Balaban J connectivity index is 3.96. The Hall–Kier alpha value is -1.80. The van der Waals surface area contributed by atoms with Crippen LogP contribution in [0.1, 0.15) is 162 Å². The molecule has 0 bridgehead atoms. The van der Waals surface area contributed by atoms with E-state index in [1.54, 1.807) is 0 Å². The maximum Gasteiger partial charge on any atom is 0.472 e. The molecule has 3 N–H and O–H groups in total. The first-order chi connectivity index (χ1) is 24.9. The van der Waals surface area contributed by atoms with Crippen LogP contribution < -0.4 is 5.73 Å². The highest BCUT2D eigenvalue weighted by Crippen LogP contribution is 2.43. The minimum Gasteiger partial charge on any atom is -0.457 e. The van der Waals surface area contributed by atoms with Crippen molar-refractivity contribution in [2.75, 3.05) is 33.0 Å². The average molecular weight is 738 g/mol. The molecule has 2 unspecified atom stereocenters. The van der Waals surface area contributed by atoms with Crippen molar-refractivity contribution in [2.24, 2.45) is 5.73 Å². The third kappa shape index (κ3) is 39.2. The largest absolute Gasteiger partial charge is 0.472 e. The van der Waals surface area contributed by atoms with Gasteiger partial charge in [-0.2, -0.15) is 0 Å². The van der Waals surface area contributed by atoms with Crippen LogP contribution in [0.3, 0.4) is 0 Å². The van der Waals surface area contributed by atoms with Crippen LogP contribution in [0, 0.1) is 0 Å². The van der Waals surface area contributed by atoms with Gasteiger partial charge in [0.05, 0.1) is 19.8 Å². The number of nitrogens with two attached hydrogens (primary N) is 1. The van der Waals surface area contributed by atoms with E-state index in [2.05, 4.69) is 74.6 Å². The average Bonchev–Trinajstić information content (AvgIpc) is 3.12. The first-order valence-corrected chi connectivity index (χ1v) is 21.8. The zero-order valence-corrected chi connectivity index (χ0v) is 33.5. The molecule has 296 valence electrons. The quantitative estimate of drug-likeness (QED) is 0.0278. The number of unbranched alkanes of at least 4 members (excludes halogenated alkanes) is 15. The number of allylic oxidation sites excluding steroid dienone is 10. The van der Waals surface area contributed by atoms with E-state index in [0.29, 0.717) is 13.0 Å². The number of carbonyl (C=O) groups is 1. The molecule has 8 nitrogen and oxygen atoms in total. The molecule has 0 rings (SSSR count). The Morgan fingerprint density at radius 1 is 0.608 bits per heavy atom. The second kappa shape index (κ2) is 39.4. The molecular weight excluding hydrogens is 661 g/mol. The predicted octanol–water partition coefficient (Wildman–Crippen LogP) is 11.8. The fourth-order valence-corrected chi connectivity index (χ4v) is 6.02. The van der Waals surface area contributed by atoms with Crippen molar-refractivity contribution in [1.82, 2.24) is 0 Å². The summed E-state index contributed by atoms with van der Waals surface area (Å²) in [4.78, 5) is 22.3. The van der Waals surface area contributed by atoms with Gasteiger partial charge in [0.1, 0.15) is 6.10 Å². The van der Waals surface area contributed by atoms with Gasteiger partial charge in [-0.05, 0) is 57.8 Å². The number of rotatable bonds is 38. The number of phosphoric acid groups is 1. The molecule has 0 aliphatic carbocycles. The fraction of sp³-hybridized carbons (Fsp3) is 0.738. The van der Waals surface area contributed by atoms with Crippen LogP contribution in [0.25, 0.3) is 0 Å². The van der Waals surface area contributed by atoms with Crippen molar-refractivity contribution in [3.63, 3.8) is 0 Å². The summed E-state index contributed by atoms with van der Waals surface area (Å²) in [6.07, 6.45) is 46.8. The lowest BCUT2D eigenvalue weighted by Crippen LogP contribution is -2.28. The highest BCUT2D eigenvalue weighted by atomic mass is 31.2. The van der Waals surface area contributed by atoms with Gasteiger partial charge in [-0.1, -0.05) is 158 Å². The summed E-state index contributed by atoms with van der Waals surface area (Å²) in [6, 6.07) is 0. The molecule has 0 radical (unpaired) electrons. The molecule has 2 atom stereocenters. The van der Waals surface area contributed by atoms with Crippen molar-refractivity contribution in [3.05, 3.63) is 60.8 Å². The summed E-state index contributed by atoms with van der Waals surface area (Å²) in [5, 5.41) is 0. The first-order valence-electron chi connectivity index (χ1n) is 20.3. The lowest BCUT2D eigenvalue weighted by molar-refractivity contribution is -0.154. The molecule has 0 aromatic heterocycles. The zero-order chi connectivity index (χ0) is 37.4. The van der Waals surface area contributed by atoms with Gasteiger partial charge in [0.2, 0.25) is 0 Å². The normalized spacial score (nSPS) is 14.2. The van der Waals surface area contributed by atoms with Gasteiger partial charge in [0, 0.05) is 19.6 Å². The second-order valence-corrected chi connectivity index (χ2v) is 14.6. The molecule has 0 amide bonds. The SMILES string of the molecule is CC/C=C\C/C=C\C/C=C\C/C=C\C/C=C\CCCCCCCCCCOCC(COP(=O)(O)OCCN)OC(=O)CCCCCCCCCC. The molecule has 0 aromatic carbocycles. The summed E-state index contributed by atoms with van der Waals surface area (Å²) in [6.45, 7) is 4.74. The van der Waals surface area contributed by atoms with Crippen LogP contribution in [0.2, 0.25) is 0 Å². The minimum absolute atomic E-state index is 0.0971. The molecule has 0 spiro atoms. The van der Waals surface area contributed by atoms with Crippen molar-refractivity contribution >= 4 is 13.8 Å². The maximum atomic E-state index is 12.4. The molecule has 0 fully saturated rings. The van der Waals surface area contributed by atoms with Gasteiger partial charge in [-0.15, -0.1) is 0 Å². The van der Waals surface area contributed by atoms with E-state index in [4.69, 9.17) is 24.3 Å². The molecule has 0 aliphatic rings. The Morgan fingerprint density at radius 3 is 1.65 bits per heavy atom. The van der Waals surface area contributed by atoms with Gasteiger partial charge in [0.25, 0.3) is 0 Å². The topological polar surface area (TPSA) is 117 Å². The van der Waals surface area contributed by atoms with Gasteiger partial charge in [-0.3, -0.25) is 13.8 Å². The molecule has 51 heavy (non-hydrogen) atoms. The van der Waals surface area contributed by atoms with Crippen molar-refractivity contribution < 1.29 is 32.8 Å². The highest BCUT2D eigenvalue weighted by molar-refractivity contribution is 7.47. The summed E-state index contributed by atoms with van der Waals surface area (Å²) in [5.41, 5.74) is 5.35. The van der Waals surface area contributed by atoms with Gasteiger partial charge >= 0.3 is 13.8 Å². The van der Waals surface area contributed by atoms with Crippen molar-refractivity contribution in [3.8, 4) is 0 Å². The summed E-state index contributed by atoms with van der Waals surface area (Å²) in [7, 11) is -4.27. The monoisotopic (exact) mass is 738 g/mol. The molecule has 9 heteroatoms. The molecule has 0 saturated heterocycles. The van der Waals surface area contributed by atoms with Crippen molar-refractivity contribution in [1.29, 1.82) is 0 Å². The number of hydrogen-bond acceptors (Lipinski definition) is 7. The Morgan fingerprint density at radius 2 is 1.10 bits per heavy atom. The lowest BCUT2D eigenvalue weighted by Gasteiger charge is -2.20. The predicted molar refractivity (Wildman–Crippen MR) is 215 cm³/mol. The minimum atomic E-state index is -4.27. The van der Waals surface area contributed by atoms with E-state index < -0.39 is 13.9 Å². The van der Waals surface area contributed by atoms with E-state index in [9.17, 15) is 14.3 Å². The van der Waals surface area contributed by atoms with E-state index >= 15 is 0 Å². The van der Waals surface area contributed by atoms with Crippen LogP contribution in [0.15, 0.2) is 60.8 Å². The Kier molecular flexibility index (Phi) is 38.0. The van der Waals surface area contributed by atoms with Crippen LogP contribution in [-0.2, 0) is 27.9 Å². The van der Waals surface area contributed by atoms with E-state index in [1.807, 2.05) is 0 Å². The molecule has 0 heterocycles. The standard InChI is InChI=1S/C42H76NO7P/c1-3-5-7-9-11-13-14-15-16-17-18-19-20-21-22-23-24-25-26-27-28-30-32-34-37-47-39-41(40-49-51(45,46)48-38-36-43)50-42(44)35-33-31-29-12-10-8-6-4-2/h5,7,11,13,15-16,18-19,21-22,41H,3-4,6,8-10,12,14,17,20,23-40,43H2,1-2H3,(H,45,46)/b7-5-,13-11-,16-15-,19-18-,22-21-.